The van der Waals surface area contributed by atoms with Crippen molar-refractivity contribution in [2.45, 2.75) is 6.10 Å². The monoisotopic (exact) mass is 297 g/mol. The van der Waals surface area contributed by atoms with Gasteiger partial charge in [0.25, 0.3) is 0 Å². The molecular weight excluding hydrogens is 288 g/mol. The Morgan fingerprint density at radius 3 is 2.73 bits per heavy atom. The van der Waals surface area contributed by atoms with Crippen molar-refractivity contribution in [3.63, 3.8) is 0 Å². The quantitative estimate of drug-likeness (QED) is 0.797. The van der Waals surface area contributed by atoms with Gasteiger partial charge in [-0.3, -0.25) is 0 Å². The fraction of sp³-hybridized carbons (Fsp3) is 0.333. The fourth-order valence-corrected chi connectivity index (χ4v) is 1.95. The number of anilines is 1. The predicted molar refractivity (Wildman–Crippen MR) is 60.7 cm³/mol. The summed E-state index contributed by atoms with van der Waals surface area (Å²) in [5.41, 5.74) is 0.491. The minimum absolute atomic E-state index is 0.139. The molecule has 84 valence electrons. The number of aliphatic hydroxyl groups is 2. The van der Waals surface area contributed by atoms with Gasteiger partial charge in [0, 0.05) is 11.0 Å². The van der Waals surface area contributed by atoms with Crippen LogP contribution < -0.4 is 5.32 Å². The lowest BCUT2D eigenvalue weighted by atomic mass is 10.3. The number of rotatable bonds is 4. The number of aliphatic hydroxyl groups excluding tert-OH is 2. The molecule has 0 aliphatic heterocycles. The third-order valence-electron chi connectivity index (χ3n) is 1.73. The molecule has 0 aromatic heterocycles. The zero-order valence-corrected chi connectivity index (χ0v) is 10.0. The molecule has 3 nitrogen and oxygen atoms in total. The van der Waals surface area contributed by atoms with Crippen LogP contribution >= 0.6 is 27.5 Å². The Hall–Kier alpha value is -0.360. The average Bonchev–Trinajstić information content (AvgIpc) is 2.15. The molecule has 0 fully saturated rings. The van der Waals surface area contributed by atoms with E-state index in [4.69, 9.17) is 21.8 Å². The maximum absolute atomic E-state index is 12.8. The highest BCUT2D eigenvalue weighted by Gasteiger charge is 2.09. The first-order valence-corrected chi connectivity index (χ1v) is 5.39. The van der Waals surface area contributed by atoms with Gasteiger partial charge in [0.15, 0.2) is 0 Å². The summed E-state index contributed by atoms with van der Waals surface area (Å²) < 4.78 is 13.3. The highest BCUT2D eigenvalue weighted by atomic mass is 79.9. The van der Waals surface area contributed by atoms with E-state index in [1.54, 1.807) is 0 Å². The minimum atomic E-state index is -0.877. The van der Waals surface area contributed by atoms with Crippen molar-refractivity contribution >= 4 is 33.2 Å². The lowest BCUT2D eigenvalue weighted by molar-refractivity contribution is 0.105. The molecule has 0 aliphatic carbocycles. The van der Waals surface area contributed by atoms with Gasteiger partial charge < -0.3 is 15.5 Å². The van der Waals surface area contributed by atoms with Crippen LogP contribution in [0.1, 0.15) is 0 Å². The number of halogens is 3. The molecule has 15 heavy (non-hydrogen) atoms. The third kappa shape index (κ3) is 3.61. The second kappa shape index (κ2) is 5.65. The molecule has 0 heterocycles. The summed E-state index contributed by atoms with van der Waals surface area (Å²) in [4.78, 5) is 0. The minimum Gasteiger partial charge on any atom is -0.394 e. The number of benzene rings is 1. The smallest absolute Gasteiger partial charge is 0.125 e. The summed E-state index contributed by atoms with van der Waals surface area (Å²) in [5, 5.41) is 20.7. The van der Waals surface area contributed by atoms with E-state index in [2.05, 4.69) is 21.2 Å². The molecule has 0 amide bonds. The van der Waals surface area contributed by atoms with Gasteiger partial charge in [-0.15, -0.1) is 0 Å². The van der Waals surface area contributed by atoms with Crippen LogP contribution in [-0.4, -0.2) is 29.5 Å². The third-order valence-corrected chi connectivity index (χ3v) is 2.66. The van der Waals surface area contributed by atoms with Gasteiger partial charge in [-0.2, -0.15) is 0 Å². The van der Waals surface area contributed by atoms with E-state index in [1.165, 1.54) is 12.1 Å². The van der Waals surface area contributed by atoms with Crippen molar-refractivity contribution in [1.29, 1.82) is 0 Å². The van der Waals surface area contributed by atoms with Crippen molar-refractivity contribution in [2.75, 3.05) is 18.5 Å². The van der Waals surface area contributed by atoms with Crippen molar-refractivity contribution < 1.29 is 14.6 Å². The maximum atomic E-state index is 12.8. The van der Waals surface area contributed by atoms with Gasteiger partial charge in [-0.1, -0.05) is 11.6 Å². The van der Waals surface area contributed by atoms with Crippen molar-refractivity contribution in [3.8, 4) is 0 Å². The van der Waals surface area contributed by atoms with Gasteiger partial charge in [-0.25, -0.2) is 4.39 Å². The first-order valence-electron chi connectivity index (χ1n) is 4.22. The maximum Gasteiger partial charge on any atom is 0.125 e. The molecular formula is C9H10BrClFNO2. The Balaban J connectivity index is 2.77. The molecule has 1 atom stereocenters. The van der Waals surface area contributed by atoms with E-state index in [0.29, 0.717) is 10.2 Å². The highest BCUT2D eigenvalue weighted by molar-refractivity contribution is 9.10. The summed E-state index contributed by atoms with van der Waals surface area (Å²) in [6, 6.07) is 2.43. The fourth-order valence-electron chi connectivity index (χ4n) is 0.996. The van der Waals surface area contributed by atoms with Crippen LogP contribution in [0.5, 0.6) is 0 Å². The van der Waals surface area contributed by atoms with Gasteiger partial charge in [0.1, 0.15) is 5.82 Å². The largest absolute Gasteiger partial charge is 0.394 e. The van der Waals surface area contributed by atoms with E-state index in [0.717, 1.165) is 0 Å². The highest BCUT2D eigenvalue weighted by Crippen LogP contribution is 2.31. The SMILES string of the molecule is OCC(O)CNc1c(Cl)cc(F)cc1Br. The lowest BCUT2D eigenvalue weighted by Crippen LogP contribution is -2.23. The van der Waals surface area contributed by atoms with Crippen LogP contribution in [0.4, 0.5) is 10.1 Å². The van der Waals surface area contributed by atoms with Crippen LogP contribution in [-0.2, 0) is 0 Å². The molecule has 0 aliphatic rings. The van der Waals surface area contributed by atoms with Crippen molar-refractivity contribution in [2.24, 2.45) is 0 Å². The molecule has 1 aromatic rings. The average molecular weight is 299 g/mol. The van der Waals surface area contributed by atoms with E-state index < -0.39 is 11.9 Å². The Morgan fingerprint density at radius 2 is 2.20 bits per heavy atom. The van der Waals surface area contributed by atoms with E-state index in [9.17, 15) is 4.39 Å². The van der Waals surface area contributed by atoms with Crippen LogP contribution in [0, 0.1) is 5.82 Å². The molecule has 6 heteroatoms. The van der Waals surface area contributed by atoms with Gasteiger partial charge in [0.05, 0.1) is 23.4 Å². The molecule has 0 spiro atoms. The van der Waals surface area contributed by atoms with Crippen LogP contribution in [0.25, 0.3) is 0 Å². The van der Waals surface area contributed by atoms with Crippen molar-refractivity contribution in [3.05, 3.63) is 27.4 Å². The van der Waals surface area contributed by atoms with Gasteiger partial charge in [-0.05, 0) is 28.1 Å². The molecule has 0 bridgehead atoms. The number of hydrogen-bond acceptors (Lipinski definition) is 3. The second-order valence-corrected chi connectivity index (χ2v) is 4.22. The van der Waals surface area contributed by atoms with Crippen LogP contribution in [0.15, 0.2) is 16.6 Å². The van der Waals surface area contributed by atoms with Crippen LogP contribution in [0.2, 0.25) is 5.02 Å². The zero-order chi connectivity index (χ0) is 11.4. The molecule has 1 aromatic carbocycles. The number of nitrogens with one attached hydrogen (secondary N) is 1. The topological polar surface area (TPSA) is 52.5 Å². The van der Waals surface area contributed by atoms with Crippen LogP contribution in [0.3, 0.4) is 0 Å². The first-order chi connectivity index (χ1) is 7.04. The zero-order valence-electron chi connectivity index (χ0n) is 7.67. The Kier molecular flexibility index (Phi) is 4.79. The molecule has 1 unspecified atom stereocenters. The summed E-state index contributed by atoms with van der Waals surface area (Å²) in [7, 11) is 0. The summed E-state index contributed by atoms with van der Waals surface area (Å²) >= 11 is 8.92. The molecule has 0 saturated carbocycles. The van der Waals surface area contributed by atoms with E-state index >= 15 is 0 Å². The normalized spacial score (nSPS) is 12.6. The van der Waals surface area contributed by atoms with E-state index in [1.807, 2.05) is 0 Å². The van der Waals surface area contributed by atoms with Gasteiger partial charge in [0.2, 0.25) is 0 Å². The van der Waals surface area contributed by atoms with Crippen molar-refractivity contribution in [1.82, 2.24) is 0 Å². The molecule has 1 rings (SSSR count). The predicted octanol–water partition coefficient (Wildman–Crippen LogP) is 2.01. The Morgan fingerprint density at radius 1 is 1.53 bits per heavy atom. The Labute approximate surface area is 100 Å². The summed E-state index contributed by atoms with van der Waals surface area (Å²) in [6.07, 6.45) is -0.877. The van der Waals surface area contributed by atoms with E-state index in [-0.39, 0.29) is 18.2 Å². The molecule has 3 N–H and O–H groups in total. The second-order valence-electron chi connectivity index (χ2n) is 2.96. The summed E-state index contributed by atoms with van der Waals surface area (Å²) in [6.45, 7) is -0.204. The first kappa shape index (κ1) is 12.7. The van der Waals surface area contributed by atoms with Gasteiger partial charge >= 0.3 is 0 Å². The summed E-state index contributed by atoms with van der Waals surface area (Å²) in [5.74, 6) is -0.444. The number of hydrogen-bond donors (Lipinski definition) is 3. The lowest BCUT2D eigenvalue weighted by Gasteiger charge is -2.13. The molecule has 0 radical (unpaired) electrons. The Bertz CT molecular complexity index is 328. The molecule has 0 saturated heterocycles. The standard InChI is InChI=1S/C9H10BrClFNO2/c10-7-1-5(12)2-8(11)9(7)13-3-6(15)4-14/h1-2,6,13-15H,3-4H2.